The summed E-state index contributed by atoms with van der Waals surface area (Å²) >= 11 is 5.81. The van der Waals surface area contributed by atoms with Gasteiger partial charge in [-0.15, -0.1) is 0 Å². The van der Waals surface area contributed by atoms with Crippen molar-refractivity contribution in [3.05, 3.63) is 58.2 Å². The van der Waals surface area contributed by atoms with Crippen LogP contribution in [0.3, 0.4) is 0 Å². The average Bonchev–Trinajstić information content (AvgIpc) is 2.28. The lowest BCUT2D eigenvalue weighted by atomic mass is 10.1. The van der Waals surface area contributed by atoms with Crippen molar-refractivity contribution in [3.8, 4) is 0 Å². The number of halogens is 1. The number of benzene rings is 1. The highest BCUT2D eigenvalue weighted by atomic mass is 35.5. The first-order chi connectivity index (χ1) is 8.54. The lowest BCUT2D eigenvalue weighted by molar-refractivity contribution is -0.116. The van der Waals surface area contributed by atoms with Gasteiger partial charge in [-0.25, -0.2) is 0 Å². The Morgan fingerprint density at radius 3 is 2.56 bits per heavy atom. The summed E-state index contributed by atoms with van der Waals surface area (Å²) in [6, 6.07) is 7.12. The maximum Gasteiger partial charge on any atom is 0.251 e. The van der Waals surface area contributed by atoms with Crippen molar-refractivity contribution in [1.29, 1.82) is 0 Å². The van der Waals surface area contributed by atoms with Crippen LogP contribution in [0.4, 0.5) is 0 Å². The van der Waals surface area contributed by atoms with E-state index < -0.39 is 0 Å². The van der Waals surface area contributed by atoms with E-state index in [-0.39, 0.29) is 11.6 Å². The Morgan fingerprint density at radius 1 is 1.28 bits per heavy atom. The lowest BCUT2D eigenvalue weighted by Gasteiger charge is -2.20. The summed E-state index contributed by atoms with van der Waals surface area (Å²) in [6.07, 6.45) is 2.90. The minimum atomic E-state index is -0.244. The van der Waals surface area contributed by atoms with E-state index in [1.165, 1.54) is 19.1 Å². The van der Waals surface area contributed by atoms with Gasteiger partial charge in [-0.3, -0.25) is 4.79 Å². The number of carbonyl (C=O) groups excluding carboxylic acids is 1. The first-order valence-electron chi connectivity index (χ1n) is 5.34. The molecule has 0 aliphatic carbocycles. The molecule has 18 heavy (non-hydrogen) atoms. The molecule has 1 aromatic rings. The molecule has 1 aliphatic rings. The summed E-state index contributed by atoms with van der Waals surface area (Å²) in [6.45, 7) is 1.53. The zero-order valence-electron chi connectivity index (χ0n) is 9.70. The molecule has 1 aliphatic heterocycles. The number of nitrogens with zero attached hydrogens (tertiary/aromatic N) is 1. The van der Waals surface area contributed by atoms with E-state index in [0.717, 1.165) is 5.56 Å². The normalized spacial score (nSPS) is 16.9. The fourth-order valence-corrected chi connectivity index (χ4v) is 1.70. The minimum absolute atomic E-state index is 0.107. The van der Waals surface area contributed by atoms with Gasteiger partial charge in [-0.1, -0.05) is 30.7 Å². The van der Waals surface area contributed by atoms with Crippen LogP contribution in [0.1, 0.15) is 12.5 Å². The van der Waals surface area contributed by atoms with Crippen molar-refractivity contribution in [2.45, 2.75) is 6.92 Å². The minimum Gasteiger partial charge on any atom is -0.808 e. The number of amides is 1. The summed E-state index contributed by atoms with van der Waals surface area (Å²) in [4.78, 5) is 11.5. The third kappa shape index (κ3) is 2.99. The topological polar surface area (TPSA) is 63.4 Å². The van der Waals surface area contributed by atoms with Crippen molar-refractivity contribution in [2.75, 3.05) is 0 Å². The SMILES string of the molecule is CC(=[N-])/C=C1/NC(=O)C=C(c2ccc(Cl)cc2)N1. The summed E-state index contributed by atoms with van der Waals surface area (Å²) in [5.74, 6) is 0.193. The molecule has 4 nitrogen and oxygen atoms in total. The second kappa shape index (κ2) is 5.06. The lowest BCUT2D eigenvalue weighted by Crippen LogP contribution is -2.35. The Balaban J connectivity index is 2.31. The standard InChI is InChI=1S/C13H11ClN3O/c1-8(15)6-12-16-11(7-13(18)17-12)9-2-4-10(14)5-3-9/h2-7,16H,1H3,(H,17,18)/q-1/b12-6+. The van der Waals surface area contributed by atoms with E-state index in [4.69, 9.17) is 11.6 Å². The highest BCUT2D eigenvalue weighted by molar-refractivity contribution is 6.30. The molecule has 92 valence electrons. The third-order valence-electron chi connectivity index (χ3n) is 2.31. The van der Waals surface area contributed by atoms with E-state index in [1.807, 2.05) is 12.1 Å². The van der Waals surface area contributed by atoms with Gasteiger partial charge in [0.05, 0.1) is 5.70 Å². The van der Waals surface area contributed by atoms with Crippen molar-refractivity contribution in [2.24, 2.45) is 0 Å². The zero-order valence-corrected chi connectivity index (χ0v) is 10.5. The van der Waals surface area contributed by atoms with Gasteiger partial charge >= 0.3 is 0 Å². The molecule has 0 atom stereocenters. The van der Waals surface area contributed by atoms with Gasteiger partial charge in [0.2, 0.25) is 0 Å². The molecule has 0 radical (unpaired) electrons. The van der Waals surface area contributed by atoms with Crippen LogP contribution in [0.5, 0.6) is 0 Å². The predicted molar refractivity (Wildman–Crippen MR) is 72.8 cm³/mol. The fourth-order valence-electron chi connectivity index (χ4n) is 1.58. The molecule has 2 N–H and O–H groups in total. The molecule has 0 aromatic heterocycles. The Bertz CT molecular complexity index is 558. The Hall–Kier alpha value is -2.07. The number of rotatable bonds is 2. The monoisotopic (exact) mass is 260 g/mol. The quantitative estimate of drug-likeness (QED) is 0.802. The molecule has 2 rings (SSSR count). The van der Waals surface area contributed by atoms with Crippen LogP contribution in [0.15, 0.2) is 42.2 Å². The molecule has 1 aromatic carbocycles. The van der Waals surface area contributed by atoms with Crippen LogP contribution in [0, 0.1) is 0 Å². The summed E-state index contributed by atoms with van der Waals surface area (Å²) in [7, 11) is 0. The zero-order chi connectivity index (χ0) is 13.1. The van der Waals surface area contributed by atoms with Crippen molar-refractivity contribution in [1.82, 2.24) is 10.6 Å². The molecule has 5 heteroatoms. The van der Waals surface area contributed by atoms with Gasteiger partial charge in [0.15, 0.2) is 0 Å². The third-order valence-corrected chi connectivity index (χ3v) is 2.56. The van der Waals surface area contributed by atoms with Gasteiger partial charge in [0.1, 0.15) is 5.82 Å². The van der Waals surface area contributed by atoms with Gasteiger partial charge in [0, 0.05) is 11.1 Å². The smallest absolute Gasteiger partial charge is 0.251 e. The maximum absolute atomic E-state index is 11.5. The first kappa shape index (κ1) is 12.4. The number of carbonyl (C=O) groups is 1. The summed E-state index contributed by atoms with van der Waals surface area (Å²) in [5.41, 5.74) is 1.61. The van der Waals surface area contributed by atoms with Crippen LogP contribution in [-0.2, 0) is 4.79 Å². The highest BCUT2D eigenvalue weighted by Crippen LogP contribution is 2.18. The van der Waals surface area contributed by atoms with Crippen LogP contribution >= 0.6 is 11.6 Å². The molecule has 0 spiro atoms. The molecule has 0 unspecified atom stereocenters. The molecular weight excluding hydrogens is 250 g/mol. The number of allylic oxidation sites excluding steroid dienone is 1. The number of hydrogen-bond acceptors (Lipinski definition) is 2. The largest absolute Gasteiger partial charge is 0.808 e. The second-order valence-electron chi connectivity index (χ2n) is 3.88. The Morgan fingerprint density at radius 2 is 1.94 bits per heavy atom. The highest BCUT2D eigenvalue weighted by Gasteiger charge is 2.13. The molecule has 0 saturated heterocycles. The van der Waals surface area contributed by atoms with E-state index in [9.17, 15) is 10.2 Å². The molecule has 0 saturated carbocycles. The van der Waals surface area contributed by atoms with Gasteiger partial charge in [0.25, 0.3) is 5.91 Å². The molecule has 1 heterocycles. The molecule has 0 fully saturated rings. The van der Waals surface area contributed by atoms with Gasteiger partial charge in [-0.2, -0.15) is 5.71 Å². The first-order valence-corrected chi connectivity index (χ1v) is 5.72. The van der Waals surface area contributed by atoms with Crippen molar-refractivity contribution in [3.63, 3.8) is 0 Å². The number of nitrogens with one attached hydrogen (secondary N) is 2. The Kier molecular flexibility index (Phi) is 3.48. The second-order valence-corrected chi connectivity index (χ2v) is 4.31. The van der Waals surface area contributed by atoms with Gasteiger partial charge in [-0.05, 0) is 23.8 Å². The number of hydrogen-bond donors (Lipinski definition) is 2. The van der Waals surface area contributed by atoms with Crippen molar-refractivity contribution < 1.29 is 4.79 Å². The van der Waals surface area contributed by atoms with E-state index in [0.29, 0.717) is 16.5 Å². The van der Waals surface area contributed by atoms with Crippen LogP contribution in [-0.4, -0.2) is 11.6 Å². The van der Waals surface area contributed by atoms with E-state index in [1.54, 1.807) is 12.1 Å². The van der Waals surface area contributed by atoms with E-state index >= 15 is 0 Å². The molecule has 1 amide bonds. The molecule has 0 bridgehead atoms. The van der Waals surface area contributed by atoms with Crippen LogP contribution in [0.25, 0.3) is 11.1 Å². The fraction of sp³-hybridized carbons (Fsp3) is 0.0769. The van der Waals surface area contributed by atoms with Crippen LogP contribution < -0.4 is 10.6 Å². The average molecular weight is 261 g/mol. The summed E-state index contributed by atoms with van der Waals surface area (Å²) < 4.78 is 0. The Labute approximate surface area is 110 Å². The van der Waals surface area contributed by atoms with Gasteiger partial charge < -0.3 is 16.0 Å². The predicted octanol–water partition coefficient (Wildman–Crippen LogP) is 2.27. The maximum atomic E-state index is 11.5. The van der Waals surface area contributed by atoms with Crippen LogP contribution in [0.2, 0.25) is 5.02 Å². The van der Waals surface area contributed by atoms with E-state index in [2.05, 4.69) is 10.6 Å². The summed E-state index contributed by atoms with van der Waals surface area (Å²) in [5, 5.41) is 15.4. The van der Waals surface area contributed by atoms with Crippen molar-refractivity contribution >= 4 is 28.9 Å². The molecular formula is C13H11ClN3O-.